The molecule has 4 nitrogen and oxygen atoms in total. The minimum Gasteiger partial charge on any atom is -0.393 e. The molecule has 4 aliphatic carbocycles. The van der Waals surface area contributed by atoms with E-state index in [1.165, 1.54) is 57.4 Å². The Bertz CT molecular complexity index is 1160. The van der Waals surface area contributed by atoms with Gasteiger partial charge in [0.15, 0.2) is 0 Å². The number of H-pyrrole nitrogens is 1. The maximum atomic E-state index is 14.0. The van der Waals surface area contributed by atoms with Gasteiger partial charge < -0.3 is 10.1 Å². The van der Waals surface area contributed by atoms with Gasteiger partial charge in [-0.1, -0.05) is 46.6 Å². The van der Waals surface area contributed by atoms with Gasteiger partial charge in [0.2, 0.25) is 0 Å². The number of fused-ring (bicyclic) bond motifs is 6. The molecule has 8 unspecified atom stereocenters. The molecule has 4 aliphatic rings. The Hall–Kier alpha value is -1.75. The van der Waals surface area contributed by atoms with Crippen LogP contribution < -0.4 is 5.56 Å². The maximum Gasteiger partial charge on any atom is 0.261 e. The van der Waals surface area contributed by atoms with Crippen molar-refractivity contribution in [2.45, 2.75) is 111 Å². The van der Waals surface area contributed by atoms with Crippen LogP contribution in [0.4, 0.5) is 4.39 Å². The number of aromatic nitrogens is 2. The molecule has 8 atom stereocenters. The first kappa shape index (κ1) is 26.8. The molecule has 0 bridgehead atoms. The number of hydrogen-bond acceptors (Lipinski definition) is 3. The highest BCUT2D eigenvalue weighted by atomic mass is 19.1. The van der Waals surface area contributed by atoms with E-state index in [0.717, 1.165) is 25.2 Å². The van der Waals surface area contributed by atoms with Crippen LogP contribution in [0.3, 0.4) is 0 Å². The van der Waals surface area contributed by atoms with Gasteiger partial charge in [-0.05, 0) is 110 Å². The third kappa shape index (κ3) is 4.47. The van der Waals surface area contributed by atoms with Crippen molar-refractivity contribution < 1.29 is 9.50 Å². The van der Waals surface area contributed by atoms with Crippen LogP contribution in [-0.4, -0.2) is 21.2 Å². The summed E-state index contributed by atoms with van der Waals surface area (Å²) in [6.07, 6.45) is 14.2. The van der Waals surface area contributed by atoms with E-state index in [-0.39, 0.29) is 17.0 Å². The normalized spacial score (nSPS) is 38.8. The molecule has 204 valence electrons. The van der Waals surface area contributed by atoms with E-state index in [2.05, 4.69) is 23.8 Å². The minimum atomic E-state index is -0.512. The van der Waals surface area contributed by atoms with Gasteiger partial charge in [0.1, 0.15) is 17.0 Å². The summed E-state index contributed by atoms with van der Waals surface area (Å²) in [6, 6.07) is 4.63. The lowest BCUT2D eigenvalue weighted by molar-refractivity contribution is -0.162. The third-order valence-electron chi connectivity index (χ3n) is 11.5. The quantitative estimate of drug-likeness (QED) is 0.449. The summed E-state index contributed by atoms with van der Waals surface area (Å²) in [5.41, 5.74) is 0.813. The summed E-state index contributed by atoms with van der Waals surface area (Å²) in [5.74, 6) is 3.35. The van der Waals surface area contributed by atoms with Gasteiger partial charge in [-0.2, -0.15) is 0 Å². The number of aryl methyl sites for hydroxylation is 1. The predicted molar refractivity (Wildman–Crippen MR) is 148 cm³/mol. The molecule has 2 N–H and O–H groups in total. The van der Waals surface area contributed by atoms with Crippen molar-refractivity contribution in [2.75, 3.05) is 0 Å². The monoisotopic (exact) mass is 510 g/mol. The first-order valence-electron chi connectivity index (χ1n) is 15.2. The van der Waals surface area contributed by atoms with E-state index in [1.54, 1.807) is 12.1 Å². The van der Waals surface area contributed by atoms with Gasteiger partial charge in [0, 0.05) is 6.42 Å². The summed E-state index contributed by atoms with van der Waals surface area (Å²) in [5, 5.41) is 11.4. The van der Waals surface area contributed by atoms with Crippen LogP contribution in [0.15, 0.2) is 23.0 Å². The topological polar surface area (TPSA) is 66.0 Å². The van der Waals surface area contributed by atoms with E-state index in [9.17, 15) is 14.3 Å². The number of hydrogen-bond donors (Lipinski definition) is 2. The molecule has 4 saturated carbocycles. The van der Waals surface area contributed by atoms with Gasteiger partial charge in [-0.25, -0.2) is 9.37 Å². The first-order valence-corrected chi connectivity index (χ1v) is 15.2. The highest BCUT2D eigenvalue weighted by molar-refractivity contribution is 5.77. The fourth-order valence-corrected chi connectivity index (χ4v) is 9.67. The van der Waals surface area contributed by atoms with E-state index < -0.39 is 5.82 Å². The second-order valence-corrected chi connectivity index (χ2v) is 12.9. The van der Waals surface area contributed by atoms with Crippen LogP contribution in [0.25, 0.3) is 10.9 Å². The standard InChI is InChI=1S/C30H41FN2O2.C2H6/c1-29-15-4-3-7-19(29)17-24(34)26-20-13-12-18(30(20,2)16-14-21(26)29)8-5-11-25-32-23-10-6-9-22(31)27(23)28(35)33-25;1-2/h6,9-10,18-21,24,26,34H,3-5,7-8,11-17H2,1-2H3,(H,32,33,35);1-2H3. The molecule has 1 aromatic carbocycles. The third-order valence-corrected chi connectivity index (χ3v) is 11.5. The lowest BCUT2D eigenvalue weighted by Crippen LogP contribution is -2.57. The Balaban J connectivity index is 0.00000137. The average Bonchev–Trinajstić information content (AvgIpc) is 3.22. The van der Waals surface area contributed by atoms with Crippen molar-refractivity contribution in [3.05, 3.63) is 40.2 Å². The molecule has 0 amide bonds. The smallest absolute Gasteiger partial charge is 0.261 e. The number of nitrogens with one attached hydrogen (secondary N) is 1. The molecule has 0 aliphatic heterocycles. The maximum absolute atomic E-state index is 14.0. The summed E-state index contributed by atoms with van der Waals surface area (Å²) in [7, 11) is 0. The molecule has 37 heavy (non-hydrogen) atoms. The zero-order valence-corrected chi connectivity index (χ0v) is 23.4. The fourth-order valence-electron chi connectivity index (χ4n) is 9.67. The summed E-state index contributed by atoms with van der Waals surface area (Å²) >= 11 is 0. The van der Waals surface area contributed by atoms with Crippen LogP contribution in [0.5, 0.6) is 0 Å². The van der Waals surface area contributed by atoms with Crippen LogP contribution in [0.2, 0.25) is 0 Å². The molecular weight excluding hydrogens is 463 g/mol. The van der Waals surface area contributed by atoms with Gasteiger partial charge in [0.25, 0.3) is 5.56 Å². The van der Waals surface area contributed by atoms with E-state index in [1.807, 2.05) is 13.8 Å². The van der Waals surface area contributed by atoms with Gasteiger partial charge in [0.05, 0.1) is 11.6 Å². The number of aromatic amines is 1. The largest absolute Gasteiger partial charge is 0.393 e. The zero-order chi connectivity index (χ0) is 26.4. The van der Waals surface area contributed by atoms with Gasteiger partial charge >= 0.3 is 0 Å². The Morgan fingerprint density at radius 3 is 2.65 bits per heavy atom. The average molecular weight is 511 g/mol. The molecule has 0 saturated heterocycles. The summed E-state index contributed by atoms with van der Waals surface area (Å²) < 4.78 is 14.0. The van der Waals surface area contributed by atoms with Crippen LogP contribution >= 0.6 is 0 Å². The van der Waals surface area contributed by atoms with Crippen molar-refractivity contribution >= 4 is 10.9 Å². The molecule has 2 aromatic rings. The summed E-state index contributed by atoms with van der Waals surface area (Å²) in [6.45, 7) is 9.09. The Kier molecular flexibility index (Phi) is 7.57. The Morgan fingerprint density at radius 2 is 1.84 bits per heavy atom. The minimum absolute atomic E-state index is 0.0547. The van der Waals surface area contributed by atoms with Crippen molar-refractivity contribution in [2.24, 2.45) is 40.4 Å². The number of aliphatic hydroxyl groups is 1. The Labute approximate surface area is 221 Å². The first-order chi connectivity index (χ1) is 17.8. The molecule has 1 heterocycles. The van der Waals surface area contributed by atoms with Crippen molar-refractivity contribution in [1.29, 1.82) is 0 Å². The lowest BCUT2D eigenvalue weighted by Gasteiger charge is -2.62. The molecular formula is C32H47FN2O2. The number of benzene rings is 1. The predicted octanol–water partition coefficient (Wildman–Crippen LogP) is 7.43. The molecule has 6 rings (SSSR count). The number of aliphatic hydroxyl groups excluding tert-OH is 1. The highest BCUT2D eigenvalue weighted by Crippen LogP contribution is 2.67. The second-order valence-electron chi connectivity index (χ2n) is 12.9. The van der Waals surface area contributed by atoms with E-state index in [4.69, 9.17) is 0 Å². The van der Waals surface area contributed by atoms with Crippen molar-refractivity contribution in [1.82, 2.24) is 9.97 Å². The second kappa shape index (κ2) is 10.4. The Morgan fingerprint density at radius 1 is 1.05 bits per heavy atom. The SMILES string of the molecule is CC.CC12CCC3C(C(O)CC4CCCCC43C)C1CCC2CCCc1nc2cccc(F)c2c(=O)[nH]1. The van der Waals surface area contributed by atoms with Gasteiger partial charge in [-0.3, -0.25) is 4.79 Å². The number of halogens is 1. The highest BCUT2D eigenvalue weighted by Gasteiger charge is 2.61. The van der Waals surface area contributed by atoms with Gasteiger partial charge in [-0.15, -0.1) is 0 Å². The molecule has 0 radical (unpaired) electrons. The van der Waals surface area contributed by atoms with Crippen LogP contribution in [0, 0.1) is 46.2 Å². The molecule has 1 aromatic heterocycles. The fraction of sp³-hybridized carbons (Fsp3) is 0.750. The summed E-state index contributed by atoms with van der Waals surface area (Å²) in [4.78, 5) is 19.8. The molecule has 4 fully saturated rings. The van der Waals surface area contributed by atoms with E-state index in [0.29, 0.717) is 52.3 Å². The zero-order valence-electron chi connectivity index (χ0n) is 23.4. The van der Waals surface area contributed by atoms with Crippen molar-refractivity contribution in [3.63, 3.8) is 0 Å². The van der Waals surface area contributed by atoms with Crippen LogP contribution in [0.1, 0.15) is 104 Å². The number of nitrogens with zero attached hydrogens (tertiary/aromatic N) is 1. The molecule has 5 heteroatoms. The van der Waals surface area contributed by atoms with Crippen LogP contribution in [-0.2, 0) is 6.42 Å². The number of rotatable bonds is 4. The van der Waals surface area contributed by atoms with Crippen molar-refractivity contribution in [3.8, 4) is 0 Å². The lowest BCUT2D eigenvalue weighted by atomic mass is 9.44. The van der Waals surface area contributed by atoms with E-state index >= 15 is 0 Å². The molecule has 0 spiro atoms.